The molecule has 0 bridgehead atoms. The fraction of sp³-hybridized carbons (Fsp3) is 0.714. The Hall–Kier alpha value is -0.630. The predicted molar refractivity (Wildman–Crippen MR) is 56.3 cm³/mol. The van der Waals surface area contributed by atoms with E-state index in [0.29, 0.717) is 0 Å². The molecule has 0 unspecified atom stereocenters. The molecule has 0 heterocycles. The largest absolute Gasteiger partial charge is 0.360 e. The van der Waals surface area contributed by atoms with Crippen LogP contribution in [0.25, 0.3) is 0 Å². The highest BCUT2D eigenvalue weighted by molar-refractivity contribution is 7.56. The van der Waals surface area contributed by atoms with Gasteiger partial charge in [-0.1, -0.05) is 0 Å². The van der Waals surface area contributed by atoms with E-state index in [9.17, 15) is 14.2 Å². The Balaban J connectivity index is 5.66. The van der Waals surface area contributed by atoms with Crippen LogP contribution in [-0.2, 0) is 14.2 Å². The van der Waals surface area contributed by atoms with Gasteiger partial charge in [0.05, 0.1) is 12.1 Å². The Morgan fingerprint density at radius 2 is 1.38 bits per heavy atom. The van der Waals surface area contributed by atoms with Crippen molar-refractivity contribution in [3.8, 4) is 0 Å². The maximum Gasteiger partial charge on any atom is 0.360 e. The molecule has 0 aliphatic rings. The molecule has 0 radical (unpaired) electrons. The van der Waals surface area contributed by atoms with Crippen LogP contribution in [0.1, 0.15) is 13.8 Å². The molecule has 0 aliphatic carbocycles. The molecular weight excluding hydrogens is 237 g/mol. The molecule has 2 atom stereocenters. The Morgan fingerprint density at radius 3 is 1.50 bits per heavy atom. The zero-order valence-corrected chi connectivity index (χ0v) is 9.85. The highest BCUT2D eigenvalue weighted by Gasteiger charge is 2.57. The topological polar surface area (TPSA) is 170 Å². The number of hydrogen-bond donors (Lipinski definition) is 5. The summed E-state index contributed by atoms with van der Waals surface area (Å²) in [6.45, 7) is 2.35. The van der Waals surface area contributed by atoms with Crippen LogP contribution >= 0.6 is 7.60 Å². The van der Waals surface area contributed by atoms with Crippen molar-refractivity contribution >= 4 is 19.2 Å². The molecule has 0 saturated heterocycles. The molecule has 0 amide bonds. The summed E-state index contributed by atoms with van der Waals surface area (Å²) in [6.07, 6.45) is 0. The highest BCUT2D eigenvalue weighted by Crippen LogP contribution is 2.48. The van der Waals surface area contributed by atoms with Crippen molar-refractivity contribution in [2.24, 2.45) is 17.2 Å². The lowest BCUT2D eigenvalue weighted by Crippen LogP contribution is -2.62. The SMILES string of the molecule is C[C@H](N)C(=O)C(N)(C(=O)[C@H](C)N)P(=O)(O)O. The molecular formula is C7H16N3O5P. The minimum absolute atomic E-state index is 1.17. The maximum atomic E-state index is 11.5. The van der Waals surface area contributed by atoms with E-state index in [0.717, 1.165) is 0 Å². The average Bonchev–Trinajstić information content (AvgIpc) is 2.11. The third-order valence-corrected chi connectivity index (χ3v) is 3.40. The first-order valence-electron chi connectivity index (χ1n) is 4.40. The van der Waals surface area contributed by atoms with Gasteiger partial charge < -0.3 is 27.0 Å². The van der Waals surface area contributed by atoms with Crippen molar-refractivity contribution in [2.75, 3.05) is 0 Å². The van der Waals surface area contributed by atoms with Crippen molar-refractivity contribution < 1.29 is 23.9 Å². The number of carbonyl (C=O) groups is 2. The van der Waals surface area contributed by atoms with Crippen LogP contribution in [0, 0.1) is 0 Å². The van der Waals surface area contributed by atoms with Crippen molar-refractivity contribution in [1.29, 1.82) is 0 Å². The van der Waals surface area contributed by atoms with Gasteiger partial charge in [0.2, 0.25) is 5.28 Å². The lowest BCUT2D eigenvalue weighted by molar-refractivity contribution is -0.132. The van der Waals surface area contributed by atoms with Crippen LogP contribution in [0.4, 0.5) is 0 Å². The summed E-state index contributed by atoms with van der Waals surface area (Å²) in [7, 11) is -5.19. The molecule has 0 rings (SSSR count). The molecule has 8 nitrogen and oxygen atoms in total. The van der Waals surface area contributed by atoms with E-state index in [4.69, 9.17) is 27.0 Å². The van der Waals surface area contributed by atoms with Gasteiger partial charge in [0.25, 0.3) is 0 Å². The summed E-state index contributed by atoms with van der Waals surface area (Å²) < 4.78 is 11.2. The number of hydrogen-bond acceptors (Lipinski definition) is 6. The van der Waals surface area contributed by atoms with Gasteiger partial charge in [0.1, 0.15) is 0 Å². The van der Waals surface area contributed by atoms with Crippen molar-refractivity contribution in [3.63, 3.8) is 0 Å². The van der Waals surface area contributed by atoms with Crippen LogP contribution in [-0.4, -0.2) is 38.7 Å². The lowest BCUT2D eigenvalue weighted by Gasteiger charge is -2.29. The zero-order valence-electron chi connectivity index (χ0n) is 8.95. The van der Waals surface area contributed by atoms with E-state index in [1.54, 1.807) is 0 Å². The highest BCUT2D eigenvalue weighted by atomic mass is 31.2. The molecule has 0 aromatic rings. The summed E-state index contributed by atoms with van der Waals surface area (Å²) in [4.78, 5) is 41.1. The van der Waals surface area contributed by atoms with E-state index < -0.39 is 36.5 Å². The number of carbonyl (C=O) groups excluding carboxylic acids is 2. The number of ketones is 2. The van der Waals surface area contributed by atoms with E-state index in [-0.39, 0.29) is 0 Å². The van der Waals surface area contributed by atoms with E-state index in [1.165, 1.54) is 13.8 Å². The normalized spacial score (nSPS) is 16.7. The summed E-state index contributed by atoms with van der Waals surface area (Å²) in [5, 5.41) is -2.96. The van der Waals surface area contributed by atoms with E-state index in [2.05, 4.69) is 0 Å². The molecule has 0 saturated carbocycles. The molecule has 0 aromatic carbocycles. The fourth-order valence-electron chi connectivity index (χ4n) is 1.10. The molecule has 0 fully saturated rings. The van der Waals surface area contributed by atoms with Gasteiger partial charge in [0, 0.05) is 0 Å². The van der Waals surface area contributed by atoms with Gasteiger partial charge in [-0.25, -0.2) is 0 Å². The van der Waals surface area contributed by atoms with Crippen molar-refractivity contribution in [2.45, 2.75) is 31.2 Å². The van der Waals surface area contributed by atoms with Gasteiger partial charge in [-0.2, -0.15) is 0 Å². The molecule has 94 valence electrons. The second-order valence-corrected chi connectivity index (χ2v) is 5.41. The second-order valence-electron chi connectivity index (χ2n) is 3.62. The lowest BCUT2D eigenvalue weighted by atomic mass is 9.99. The minimum atomic E-state index is -5.19. The average molecular weight is 253 g/mol. The van der Waals surface area contributed by atoms with Gasteiger partial charge >= 0.3 is 7.60 Å². The van der Waals surface area contributed by atoms with Crippen molar-refractivity contribution in [3.05, 3.63) is 0 Å². The minimum Gasteiger partial charge on any atom is -0.322 e. The van der Waals surface area contributed by atoms with Crippen LogP contribution in [0.5, 0.6) is 0 Å². The molecule has 0 aliphatic heterocycles. The van der Waals surface area contributed by atoms with Gasteiger partial charge in [-0.3, -0.25) is 14.2 Å². The summed E-state index contributed by atoms with van der Waals surface area (Å²) >= 11 is 0. The van der Waals surface area contributed by atoms with Gasteiger partial charge in [-0.05, 0) is 13.8 Å². The first kappa shape index (κ1) is 15.4. The van der Waals surface area contributed by atoms with Crippen LogP contribution in [0.2, 0.25) is 0 Å². The van der Waals surface area contributed by atoms with Crippen LogP contribution < -0.4 is 17.2 Å². The van der Waals surface area contributed by atoms with Gasteiger partial charge in [-0.15, -0.1) is 0 Å². The Kier molecular flexibility index (Phi) is 4.52. The third-order valence-electron chi connectivity index (χ3n) is 2.04. The van der Waals surface area contributed by atoms with Gasteiger partial charge in [0.15, 0.2) is 11.6 Å². The number of rotatable bonds is 5. The molecule has 9 heteroatoms. The Bertz CT molecular complexity index is 328. The summed E-state index contributed by atoms with van der Waals surface area (Å²) in [5.41, 5.74) is 15.6. The quantitative estimate of drug-likeness (QED) is 0.268. The maximum absolute atomic E-state index is 11.5. The Morgan fingerprint density at radius 1 is 1.12 bits per heavy atom. The smallest absolute Gasteiger partial charge is 0.322 e. The predicted octanol–water partition coefficient (Wildman–Crippen LogP) is -2.35. The monoisotopic (exact) mass is 253 g/mol. The Labute approximate surface area is 92.3 Å². The molecule has 0 spiro atoms. The first-order valence-corrected chi connectivity index (χ1v) is 6.01. The standard InChI is InChI=1S/C7H16N3O5P/c1-3(8)5(11)7(10,16(13,14)15)6(12)4(2)9/h3-4H,8-10H2,1-2H3,(H2,13,14,15)/t3-,4-/m0/s1. The molecule has 0 aromatic heterocycles. The van der Waals surface area contributed by atoms with Crippen molar-refractivity contribution in [1.82, 2.24) is 0 Å². The first-order chi connectivity index (χ1) is 6.96. The summed E-state index contributed by atoms with van der Waals surface area (Å²) in [5.74, 6) is -2.47. The number of nitrogens with two attached hydrogens (primary N) is 3. The second kappa shape index (κ2) is 4.70. The number of Topliss-reactive ketones (excluding diaryl/α,β-unsaturated/α-hetero) is 2. The summed E-state index contributed by atoms with van der Waals surface area (Å²) in [6, 6.07) is -2.55. The van der Waals surface area contributed by atoms with Crippen LogP contribution in [0.3, 0.4) is 0 Å². The fourth-order valence-corrected chi connectivity index (χ4v) is 2.08. The molecule has 16 heavy (non-hydrogen) atoms. The third kappa shape index (κ3) is 2.54. The molecule has 8 N–H and O–H groups in total. The van der Waals surface area contributed by atoms with E-state index in [1.807, 2.05) is 0 Å². The zero-order chi connectivity index (χ0) is 13.3. The van der Waals surface area contributed by atoms with Crippen LogP contribution in [0.15, 0.2) is 0 Å². The van der Waals surface area contributed by atoms with E-state index >= 15 is 0 Å².